The van der Waals surface area contributed by atoms with Crippen LogP contribution in [0.15, 0.2) is 0 Å². The monoisotopic (exact) mass is 259 g/mol. The first-order valence-electron chi connectivity index (χ1n) is 6.37. The van der Waals surface area contributed by atoms with Gasteiger partial charge in [0.25, 0.3) is 0 Å². The van der Waals surface area contributed by atoms with Gasteiger partial charge in [0.1, 0.15) is 0 Å². The summed E-state index contributed by atoms with van der Waals surface area (Å²) in [5, 5.41) is 2.72. The van der Waals surface area contributed by atoms with Crippen molar-refractivity contribution in [3.63, 3.8) is 0 Å². The summed E-state index contributed by atoms with van der Waals surface area (Å²) < 4.78 is 5.31. The molecule has 6 heteroatoms. The van der Waals surface area contributed by atoms with Crippen molar-refractivity contribution in [2.24, 2.45) is 5.73 Å². The van der Waals surface area contributed by atoms with E-state index in [-0.39, 0.29) is 30.9 Å². The van der Waals surface area contributed by atoms with E-state index in [1.54, 1.807) is 7.05 Å². The smallest absolute Gasteiger partial charge is 0.239 e. The van der Waals surface area contributed by atoms with Crippen molar-refractivity contribution >= 4 is 11.8 Å². The highest BCUT2D eigenvalue weighted by molar-refractivity contribution is 5.84. The van der Waals surface area contributed by atoms with E-state index in [1.807, 2.05) is 13.8 Å². The SMILES string of the molecule is CCCNC(=O)CN(C)C(=O)CC(CN)OCC. The van der Waals surface area contributed by atoms with E-state index in [0.717, 1.165) is 6.42 Å². The minimum absolute atomic E-state index is 0.0717. The van der Waals surface area contributed by atoms with Crippen LogP contribution in [0.3, 0.4) is 0 Å². The third-order valence-electron chi connectivity index (χ3n) is 2.45. The Hall–Kier alpha value is -1.14. The third kappa shape index (κ3) is 7.24. The second-order valence-electron chi connectivity index (χ2n) is 4.12. The van der Waals surface area contributed by atoms with Gasteiger partial charge in [-0.25, -0.2) is 0 Å². The minimum atomic E-state index is -0.274. The Morgan fingerprint density at radius 1 is 1.39 bits per heavy atom. The fourth-order valence-electron chi connectivity index (χ4n) is 1.42. The first kappa shape index (κ1) is 16.9. The maximum atomic E-state index is 11.8. The Morgan fingerprint density at radius 3 is 2.56 bits per heavy atom. The molecule has 0 spiro atoms. The number of carbonyl (C=O) groups excluding carboxylic acids is 2. The molecule has 1 atom stereocenters. The molecule has 0 radical (unpaired) electrons. The second-order valence-corrected chi connectivity index (χ2v) is 4.12. The lowest BCUT2D eigenvalue weighted by Crippen LogP contribution is -2.40. The third-order valence-corrected chi connectivity index (χ3v) is 2.45. The van der Waals surface area contributed by atoms with Gasteiger partial charge < -0.3 is 20.7 Å². The zero-order valence-electron chi connectivity index (χ0n) is 11.6. The van der Waals surface area contributed by atoms with Crippen LogP contribution in [-0.2, 0) is 14.3 Å². The topological polar surface area (TPSA) is 84.7 Å². The predicted molar refractivity (Wildman–Crippen MR) is 70.0 cm³/mol. The lowest BCUT2D eigenvalue weighted by Gasteiger charge is -2.20. The molecule has 0 saturated carbocycles. The first-order valence-corrected chi connectivity index (χ1v) is 6.37. The highest BCUT2D eigenvalue weighted by Crippen LogP contribution is 2.00. The normalized spacial score (nSPS) is 12.0. The standard InChI is InChI=1S/C12H25N3O3/c1-4-6-14-11(16)9-15(3)12(17)7-10(8-13)18-5-2/h10H,4-9,13H2,1-3H3,(H,14,16). The Balaban J connectivity index is 4.04. The number of ether oxygens (including phenoxy) is 1. The van der Waals surface area contributed by atoms with Crippen molar-refractivity contribution in [3.05, 3.63) is 0 Å². The zero-order chi connectivity index (χ0) is 14.0. The number of nitrogens with one attached hydrogen (secondary N) is 1. The van der Waals surface area contributed by atoms with Crippen LogP contribution in [0.25, 0.3) is 0 Å². The molecule has 0 rings (SSSR count). The summed E-state index contributed by atoms with van der Waals surface area (Å²) in [5.41, 5.74) is 5.50. The van der Waals surface area contributed by atoms with Crippen LogP contribution in [-0.4, -0.2) is 56.1 Å². The van der Waals surface area contributed by atoms with Crippen LogP contribution >= 0.6 is 0 Å². The van der Waals surface area contributed by atoms with Gasteiger partial charge in [-0.3, -0.25) is 9.59 Å². The molecule has 0 aliphatic rings. The van der Waals surface area contributed by atoms with Gasteiger partial charge in [-0.1, -0.05) is 6.92 Å². The van der Waals surface area contributed by atoms with Gasteiger partial charge in [0.2, 0.25) is 11.8 Å². The van der Waals surface area contributed by atoms with Crippen molar-refractivity contribution < 1.29 is 14.3 Å². The second kappa shape index (κ2) is 9.85. The highest BCUT2D eigenvalue weighted by Gasteiger charge is 2.17. The van der Waals surface area contributed by atoms with Gasteiger partial charge in [0.15, 0.2) is 0 Å². The maximum Gasteiger partial charge on any atom is 0.239 e. The van der Waals surface area contributed by atoms with Gasteiger partial charge in [-0.2, -0.15) is 0 Å². The molecule has 0 aliphatic heterocycles. The summed E-state index contributed by atoms with van der Waals surface area (Å²) in [4.78, 5) is 24.6. The Kier molecular flexibility index (Phi) is 9.22. The molecule has 0 bridgehead atoms. The van der Waals surface area contributed by atoms with E-state index < -0.39 is 0 Å². The molecule has 0 aromatic heterocycles. The van der Waals surface area contributed by atoms with Crippen molar-refractivity contribution in [2.75, 3.05) is 33.3 Å². The van der Waals surface area contributed by atoms with E-state index >= 15 is 0 Å². The quantitative estimate of drug-likeness (QED) is 0.596. The molecule has 106 valence electrons. The van der Waals surface area contributed by atoms with E-state index in [1.165, 1.54) is 4.90 Å². The molecule has 0 heterocycles. The van der Waals surface area contributed by atoms with Gasteiger partial charge in [0.05, 0.1) is 19.1 Å². The first-order chi connectivity index (χ1) is 8.54. The van der Waals surface area contributed by atoms with Gasteiger partial charge in [-0.15, -0.1) is 0 Å². The number of nitrogens with two attached hydrogens (primary N) is 1. The van der Waals surface area contributed by atoms with Crippen LogP contribution in [0.5, 0.6) is 0 Å². The molecular formula is C12H25N3O3. The van der Waals surface area contributed by atoms with Crippen LogP contribution in [0.4, 0.5) is 0 Å². The van der Waals surface area contributed by atoms with E-state index in [0.29, 0.717) is 19.7 Å². The number of carbonyl (C=O) groups is 2. The molecule has 0 aliphatic carbocycles. The summed E-state index contributed by atoms with van der Waals surface area (Å²) in [6, 6.07) is 0. The molecule has 0 aromatic rings. The molecular weight excluding hydrogens is 234 g/mol. The average Bonchev–Trinajstić information content (AvgIpc) is 2.35. The highest BCUT2D eigenvalue weighted by atomic mass is 16.5. The predicted octanol–water partition coefficient (Wildman–Crippen LogP) is -0.275. The lowest BCUT2D eigenvalue weighted by molar-refractivity contribution is -0.136. The molecule has 3 N–H and O–H groups in total. The molecule has 0 aromatic carbocycles. The molecule has 1 unspecified atom stereocenters. The van der Waals surface area contributed by atoms with Gasteiger partial charge in [0, 0.05) is 26.7 Å². The summed E-state index contributed by atoms with van der Waals surface area (Å²) in [6.45, 7) is 5.36. The Bertz CT molecular complexity index is 259. The van der Waals surface area contributed by atoms with Crippen molar-refractivity contribution in [1.82, 2.24) is 10.2 Å². The Labute approximate surface area is 109 Å². The molecule has 0 saturated heterocycles. The minimum Gasteiger partial charge on any atom is -0.377 e. The Morgan fingerprint density at radius 2 is 2.06 bits per heavy atom. The van der Waals surface area contributed by atoms with Crippen LogP contribution < -0.4 is 11.1 Å². The zero-order valence-corrected chi connectivity index (χ0v) is 11.6. The van der Waals surface area contributed by atoms with Crippen LogP contribution in [0, 0.1) is 0 Å². The molecule has 2 amide bonds. The van der Waals surface area contributed by atoms with Gasteiger partial charge >= 0.3 is 0 Å². The van der Waals surface area contributed by atoms with Gasteiger partial charge in [-0.05, 0) is 13.3 Å². The van der Waals surface area contributed by atoms with Crippen LogP contribution in [0.2, 0.25) is 0 Å². The number of amides is 2. The molecule has 18 heavy (non-hydrogen) atoms. The maximum absolute atomic E-state index is 11.8. The average molecular weight is 259 g/mol. The van der Waals surface area contributed by atoms with Crippen LogP contribution in [0.1, 0.15) is 26.7 Å². The summed E-state index contributed by atoms with van der Waals surface area (Å²) >= 11 is 0. The number of hydrogen-bond donors (Lipinski definition) is 2. The van der Waals surface area contributed by atoms with Crippen molar-refractivity contribution in [3.8, 4) is 0 Å². The summed E-state index contributed by atoms with van der Waals surface area (Å²) in [6.07, 6.45) is 0.814. The molecule has 0 fully saturated rings. The number of rotatable bonds is 9. The number of nitrogens with zero attached hydrogens (tertiary/aromatic N) is 1. The van der Waals surface area contributed by atoms with E-state index in [2.05, 4.69) is 5.32 Å². The largest absolute Gasteiger partial charge is 0.377 e. The number of likely N-dealkylation sites (N-methyl/N-ethyl adjacent to an activating group) is 1. The van der Waals surface area contributed by atoms with E-state index in [9.17, 15) is 9.59 Å². The van der Waals surface area contributed by atoms with E-state index in [4.69, 9.17) is 10.5 Å². The number of hydrogen-bond acceptors (Lipinski definition) is 4. The fourth-order valence-corrected chi connectivity index (χ4v) is 1.42. The van der Waals surface area contributed by atoms with Crippen molar-refractivity contribution in [2.45, 2.75) is 32.8 Å². The summed E-state index contributed by atoms with van der Waals surface area (Å²) in [5.74, 6) is -0.279. The lowest BCUT2D eigenvalue weighted by atomic mass is 10.2. The molecule has 6 nitrogen and oxygen atoms in total. The summed E-state index contributed by atoms with van der Waals surface area (Å²) in [7, 11) is 1.60. The van der Waals surface area contributed by atoms with Crippen molar-refractivity contribution in [1.29, 1.82) is 0 Å². The fraction of sp³-hybridized carbons (Fsp3) is 0.833.